The highest BCUT2D eigenvalue weighted by molar-refractivity contribution is 5.91. The van der Waals surface area contributed by atoms with Gasteiger partial charge in [-0.1, -0.05) is 0 Å². The van der Waals surface area contributed by atoms with Crippen LogP contribution in [0.2, 0.25) is 0 Å². The fourth-order valence-electron chi connectivity index (χ4n) is 2.85. The zero-order valence-corrected chi connectivity index (χ0v) is 20.5. The van der Waals surface area contributed by atoms with Crippen LogP contribution in [0.1, 0.15) is 0 Å². The molecule has 4 nitrogen and oxygen atoms in total. The normalized spacial score (nSPS) is 17.4. The van der Waals surface area contributed by atoms with Gasteiger partial charge in [0.25, 0.3) is 0 Å². The van der Waals surface area contributed by atoms with Gasteiger partial charge in [0.05, 0.1) is 0 Å². The van der Waals surface area contributed by atoms with E-state index in [1.54, 1.807) is 0 Å². The Morgan fingerprint density at radius 1 is 0.354 bits per heavy atom. The van der Waals surface area contributed by atoms with E-state index in [1.807, 2.05) is 4.74 Å². The third kappa shape index (κ3) is 5.67. The van der Waals surface area contributed by atoms with Crippen LogP contribution in [0.25, 0.3) is 0 Å². The van der Waals surface area contributed by atoms with E-state index in [0.29, 0.717) is 0 Å². The van der Waals surface area contributed by atoms with Gasteiger partial charge >= 0.3 is 89.4 Å². The second kappa shape index (κ2) is 11.4. The third-order valence-corrected chi connectivity index (χ3v) is 5.37. The molecule has 0 fully saturated rings. The Morgan fingerprint density at radius 3 is 0.833 bits per heavy atom. The van der Waals surface area contributed by atoms with E-state index in [-0.39, 0.29) is 0 Å². The first-order valence-electron chi connectivity index (χ1n) is 10.1. The lowest BCUT2D eigenvalue weighted by molar-refractivity contribution is -0.499. The summed E-state index contributed by atoms with van der Waals surface area (Å²) < 4.78 is 365. The minimum atomic E-state index is -10.0. The van der Waals surface area contributed by atoms with Crippen LogP contribution in [0.4, 0.5) is 119 Å². The molecule has 1 atom stereocenters. The molecule has 0 radical (unpaired) electrons. The number of ether oxygens (including phenoxy) is 1. The second-order valence-corrected chi connectivity index (χ2v) is 8.44. The number of carbonyl (C=O) groups is 2. The smallest absolute Gasteiger partial charge is 0.460 e. The van der Waals surface area contributed by atoms with Crippen molar-refractivity contribution in [3.05, 3.63) is 12.2 Å². The van der Waals surface area contributed by atoms with E-state index in [1.165, 1.54) is 0 Å². The molecule has 0 aliphatic rings. The maximum atomic E-state index is 14.6. The molecule has 0 bridgehead atoms. The maximum Gasteiger partial charge on any atom is 0.460 e. The van der Waals surface area contributed by atoms with E-state index in [9.17, 15) is 128 Å². The van der Waals surface area contributed by atoms with Gasteiger partial charge in [-0.25, -0.2) is 9.59 Å². The molecule has 1 N–H and O–H groups in total. The van der Waals surface area contributed by atoms with Crippen LogP contribution in [0.15, 0.2) is 12.2 Å². The lowest BCUT2D eigenvalue weighted by Gasteiger charge is -2.49. The Kier molecular flexibility index (Phi) is 10.7. The van der Waals surface area contributed by atoms with E-state index < -0.39 is 102 Å². The zero-order valence-electron chi connectivity index (χ0n) is 20.5. The molecular weight excluding hydrogens is 781 g/mol. The highest BCUT2D eigenvalue weighted by atomic mass is 19.4. The number of carboxylic acids is 1. The summed E-state index contributed by atoms with van der Waals surface area (Å²) in [6, 6.07) is 0. The number of hydrogen-bond acceptors (Lipinski definition) is 3. The molecule has 0 aliphatic carbocycles. The molecule has 0 aliphatic heterocycles. The van der Waals surface area contributed by atoms with Crippen molar-refractivity contribution in [1.82, 2.24) is 0 Å². The van der Waals surface area contributed by atoms with Gasteiger partial charge in [-0.05, 0) is 0 Å². The van der Waals surface area contributed by atoms with Crippen LogP contribution in [0.3, 0.4) is 0 Å². The van der Waals surface area contributed by atoms with Gasteiger partial charge in [0.1, 0.15) is 0 Å². The van der Waals surface area contributed by atoms with Crippen LogP contribution < -0.4 is 0 Å². The predicted molar refractivity (Wildman–Crippen MR) is 88.3 cm³/mol. The second-order valence-electron chi connectivity index (χ2n) is 8.44. The minimum absolute atomic E-state index is 1.10. The van der Waals surface area contributed by atoms with Crippen molar-refractivity contribution in [2.75, 3.05) is 0 Å². The van der Waals surface area contributed by atoms with Crippen LogP contribution >= 0.6 is 0 Å². The van der Waals surface area contributed by atoms with Crippen molar-refractivity contribution in [1.29, 1.82) is 0 Å². The number of rotatable bonds is 12. The summed E-state index contributed by atoms with van der Waals surface area (Å²) in [5, 5.41) is 8.10. The lowest BCUT2D eigenvalue weighted by atomic mass is 9.78. The Bertz CT molecular complexity index is 1250. The molecule has 1 unspecified atom stereocenters. The van der Waals surface area contributed by atoms with E-state index in [4.69, 9.17) is 5.11 Å². The van der Waals surface area contributed by atoms with Gasteiger partial charge in [-0.3, -0.25) is 0 Å². The Labute approximate surface area is 241 Å². The van der Waals surface area contributed by atoms with Crippen LogP contribution in [-0.4, -0.2) is 94.5 Å². The number of halogens is 27. The van der Waals surface area contributed by atoms with Crippen molar-refractivity contribution in [3.63, 3.8) is 0 Å². The molecule has 0 spiro atoms. The molecule has 0 aromatic rings. The first-order chi connectivity index (χ1) is 20.3. The summed E-state index contributed by atoms with van der Waals surface area (Å²) in [6.45, 7) is 0. The summed E-state index contributed by atoms with van der Waals surface area (Å²) >= 11 is 0. The number of esters is 1. The van der Waals surface area contributed by atoms with Gasteiger partial charge in [0, 0.05) is 12.2 Å². The summed E-state index contributed by atoms with van der Waals surface area (Å²) in [4.78, 5) is 21.4. The standard InChI is InChI=1S/C17H3F27O4/c18-6(19,5(15(36,37)38,7(20,21)16(39,40)41)48-4(47)2-1-3(45)46)8(22,23)9(24,25)10(26,27)11(28,29)12(30,31)13(32,33)14(34,35)17(42,43)44/h1-2H,(H,45,46). The Hall–Kier alpha value is -3.21. The van der Waals surface area contributed by atoms with Gasteiger partial charge in [0.15, 0.2) is 0 Å². The average molecular weight is 784 g/mol. The number of carbonyl (C=O) groups excluding carboxylic acids is 1. The van der Waals surface area contributed by atoms with Crippen LogP contribution in [-0.2, 0) is 14.3 Å². The molecule has 0 aromatic heterocycles. The van der Waals surface area contributed by atoms with Gasteiger partial charge in [0.2, 0.25) is 0 Å². The fourth-order valence-corrected chi connectivity index (χ4v) is 2.85. The highest BCUT2D eigenvalue weighted by Crippen LogP contribution is 2.69. The SMILES string of the molecule is O=C(O)C=CC(=O)OC(C(F)(F)F)(C(F)(F)C(F)(F)F)C(F)(F)C(F)(F)C(F)(F)C(F)(F)C(F)(F)C(F)(F)C(F)(F)C(F)(F)C(F)(F)F. The highest BCUT2D eigenvalue weighted by Gasteiger charge is 3.02. The lowest BCUT2D eigenvalue weighted by Crippen LogP contribution is -2.83. The number of aliphatic carboxylic acids is 1. The van der Waals surface area contributed by atoms with E-state index in [2.05, 4.69) is 0 Å². The maximum absolute atomic E-state index is 14.6. The Morgan fingerprint density at radius 2 is 0.604 bits per heavy atom. The molecule has 0 heterocycles. The number of carboxylic acid groups (broad SMARTS) is 1. The van der Waals surface area contributed by atoms with E-state index >= 15 is 0 Å². The average Bonchev–Trinajstić information content (AvgIpc) is 2.82. The van der Waals surface area contributed by atoms with Crippen molar-refractivity contribution in [2.45, 2.75) is 77.4 Å². The van der Waals surface area contributed by atoms with Gasteiger partial charge in [-0.2, -0.15) is 119 Å². The monoisotopic (exact) mass is 784 g/mol. The van der Waals surface area contributed by atoms with Crippen LogP contribution in [0, 0.1) is 0 Å². The summed E-state index contributed by atoms with van der Waals surface area (Å²) in [6.07, 6.45) is -28.6. The first-order valence-corrected chi connectivity index (χ1v) is 10.1. The van der Waals surface area contributed by atoms with Gasteiger partial charge < -0.3 is 9.84 Å². The van der Waals surface area contributed by atoms with Crippen molar-refractivity contribution in [2.24, 2.45) is 0 Å². The first kappa shape index (κ1) is 44.8. The quantitative estimate of drug-likeness (QED) is 0.123. The molecule has 0 saturated heterocycles. The fraction of sp³-hybridized carbons (Fsp3) is 0.765. The molecule has 0 rings (SSSR count). The Balaban J connectivity index is 8.20. The summed E-state index contributed by atoms with van der Waals surface area (Å²) in [5.74, 6) is -93.5. The third-order valence-electron chi connectivity index (χ3n) is 5.37. The molecule has 0 amide bonds. The molecule has 0 saturated carbocycles. The summed E-state index contributed by atoms with van der Waals surface area (Å²) in [7, 11) is 0. The number of hydrogen-bond donors (Lipinski definition) is 1. The zero-order chi connectivity index (χ0) is 39.8. The molecule has 48 heavy (non-hydrogen) atoms. The molecule has 31 heteroatoms. The molecule has 0 aromatic carbocycles. The number of alkyl halides is 27. The predicted octanol–water partition coefficient (Wildman–Crippen LogP) is 8.31. The topological polar surface area (TPSA) is 63.6 Å². The van der Waals surface area contributed by atoms with Crippen molar-refractivity contribution in [3.8, 4) is 0 Å². The van der Waals surface area contributed by atoms with E-state index in [0.717, 1.165) is 0 Å². The largest absolute Gasteiger partial charge is 0.478 e. The molecular formula is C17H3F27O4. The summed E-state index contributed by atoms with van der Waals surface area (Å²) in [5.41, 5.74) is -9.25. The molecule has 284 valence electrons. The van der Waals surface area contributed by atoms with Crippen LogP contribution in [0.5, 0.6) is 0 Å². The van der Waals surface area contributed by atoms with Gasteiger partial charge in [-0.15, -0.1) is 0 Å². The van der Waals surface area contributed by atoms with Crippen molar-refractivity contribution >= 4 is 11.9 Å². The van der Waals surface area contributed by atoms with Crippen molar-refractivity contribution < 1.29 is 138 Å². The minimum Gasteiger partial charge on any atom is -0.478 e.